The zero-order chi connectivity index (χ0) is 25.1. The molecular formula is C27H24N8O. The monoisotopic (exact) mass is 476 g/mol. The molecular weight excluding hydrogens is 452 g/mol. The van der Waals surface area contributed by atoms with E-state index in [-0.39, 0.29) is 5.91 Å². The number of aromatic nitrogens is 4. The molecule has 1 amide bonds. The van der Waals surface area contributed by atoms with E-state index in [1.54, 1.807) is 21.6 Å². The molecule has 1 saturated heterocycles. The predicted octanol–water partition coefficient (Wildman–Crippen LogP) is 3.48. The van der Waals surface area contributed by atoms with Crippen LogP contribution < -0.4 is 4.90 Å². The first-order valence-electron chi connectivity index (χ1n) is 11.7. The Bertz CT molecular complexity index is 1510. The summed E-state index contributed by atoms with van der Waals surface area (Å²) >= 11 is 0. The molecule has 0 radical (unpaired) electrons. The number of anilines is 1. The van der Waals surface area contributed by atoms with Crippen molar-refractivity contribution in [1.29, 1.82) is 10.5 Å². The summed E-state index contributed by atoms with van der Waals surface area (Å²) < 4.78 is 3.49. The third kappa shape index (κ3) is 4.30. The van der Waals surface area contributed by atoms with Crippen molar-refractivity contribution in [2.75, 3.05) is 31.1 Å². The van der Waals surface area contributed by atoms with Crippen LogP contribution in [0.3, 0.4) is 0 Å². The summed E-state index contributed by atoms with van der Waals surface area (Å²) in [6.45, 7) is 6.95. The van der Waals surface area contributed by atoms with Gasteiger partial charge in [0.1, 0.15) is 6.07 Å². The molecule has 0 bridgehead atoms. The number of hydrogen-bond acceptors (Lipinski definition) is 6. The third-order valence-electron chi connectivity index (χ3n) is 6.46. The van der Waals surface area contributed by atoms with Gasteiger partial charge in [0.25, 0.3) is 0 Å². The van der Waals surface area contributed by atoms with Crippen molar-refractivity contribution in [3.8, 4) is 34.4 Å². The van der Waals surface area contributed by atoms with Gasteiger partial charge in [-0.25, -0.2) is 4.52 Å². The number of carbonyl (C=O) groups excluding carboxylic acids is 1. The maximum absolute atomic E-state index is 11.9. The molecule has 0 atom stereocenters. The number of pyridine rings is 1. The van der Waals surface area contributed by atoms with Crippen molar-refractivity contribution in [3.05, 3.63) is 73.3 Å². The molecule has 1 aliphatic rings. The highest BCUT2D eigenvalue weighted by Gasteiger charge is 2.20. The Morgan fingerprint density at radius 3 is 2.47 bits per heavy atom. The minimum absolute atomic E-state index is 0.0291. The van der Waals surface area contributed by atoms with Crippen molar-refractivity contribution >= 4 is 17.1 Å². The second kappa shape index (κ2) is 9.77. The fourth-order valence-electron chi connectivity index (χ4n) is 4.55. The van der Waals surface area contributed by atoms with Crippen LogP contribution in [0.1, 0.15) is 12.0 Å². The smallest absolute Gasteiger partial charge is 0.246 e. The molecule has 1 aliphatic heterocycles. The predicted molar refractivity (Wildman–Crippen MR) is 136 cm³/mol. The molecule has 9 nitrogen and oxygen atoms in total. The summed E-state index contributed by atoms with van der Waals surface area (Å²) in [5.74, 6) is -0.0291. The number of piperazine rings is 1. The molecule has 4 aromatic rings. The number of benzene rings is 1. The molecule has 4 heterocycles. The van der Waals surface area contributed by atoms with Crippen LogP contribution >= 0.6 is 0 Å². The van der Waals surface area contributed by atoms with Crippen LogP contribution in [0.25, 0.3) is 27.8 Å². The van der Waals surface area contributed by atoms with Crippen LogP contribution in [0.5, 0.6) is 0 Å². The summed E-state index contributed by atoms with van der Waals surface area (Å²) in [5.41, 5.74) is 6.05. The molecule has 0 saturated carbocycles. The SMILES string of the molecule is C=CC(=O)N1CCN(c2ccc(-c3cc(-c4cnn(CCC#N)c4)cn4ncc(C#N)c34)cc2)CC1. The van der Waals surface area contributed by atoms with E-state index in [1.165, 1.54) is 6.08 Å². The zero-order valence-corrected chi connectivity index (χ0v) is 19.7. The first-order chi connectivity index (χ1) is 17.6. The number of aryl methyl sites for hydroxylation is 1. The van der Waals surface area contributed by atoms with Gasteiger partial charge >= 0.3 is 0 Å². The Balaban J connectivity index is 1.47. The van der Waals surface area contributed by atoms with Crippen LogP contribution in [0.2, 0.25) is 0 Å². The number of rotatable bonds is 6. The molecule has 9 heteroatoms. The highest BCUT2D eigenvalue weighted by molar-refractivity contribution is 5.88. The summed E-state index contributed by atoms with van der Waals surface area (Å²) in [5, 5.41) is 27.3. The van der Waals surface area contributed by atoms with Crippen molar-refractivity contribution in [2.45, 2.75) is 13.0 Å². The van der Waals surface area contributed by atoms with E-state index >= 15 is 0 Å². The van der Waals surface area contributed by atoms with Gasteiger partial charge in [-0.15, -0.1) is 0 Å². The Hall–Kier alpha value is -4.89. The Morgan fingerprint density at radius 2 is 1.78 bits per heavy atom. The molecule has 0 unspecified atom stereocenters. The van der Waals surface area contributed by atoms with E-state index in [2.05, 4.69) is 64.1 Å². The first-order valence-corrected chi connectivity index (χ1v) is 11.7. The fourth-order valence-corrected chi connectivity index (χ4v) is 4.55. The summed E-state index contributed by atoms with van der Waals surface area (Å²) in [6.07, 6.45) is 8.92. The second-order valence-corrected chi connectivity index (χ2v) is 8.57. The molecule has 1 aromatic carbocycles. The summed E-state index contributed by atoms with van der Waals surface area (Å²) in [4.78, 5) is 15.9. The van der Waals surface area contributed by atoms with Gasteiger partial charge in [0.2, 0.25) is 5.91 Å². The third-order valence-corrected chi connectivity index (χ3v) is 6.46. The van der Waals surface area contributed by atoms with Crippen LogP contribution in [0.15, 0.2) is 67.8 Å². The number of hydrogen-bond donors (Lipinski definition) is 0. The van der Waals surface area contributed by atoms with E-state index in [9.17, 15) is 10.1 Å². The van der Waals surface area contributed by atoms with Gasteiger partial charge in [0, 0.05) is 61.0 Å². The van der Waals surface area contributed by atoms with Gasteiger partial charge in [0.15, 0.2) is 0 Å². The number of carbonyl (C=O) groups is 1. The lowest BCUT2D eigenvalue weighted by atomic mass is 9.99. The molecule has 178 valence electrons. The molecule has 0 aliphatic carbocycles. The van der Waals surface area contributed by atoms with Gasteiger partial charge < -0.3 is 9.80 Å². The molecule has 36 heavy (non-hydrogen) atoms. The standard InChI is InChI=1S/C27H24N8O/c1-2-26(36)33-12-10-32(11-13-33)24-6-4-20(5-7-24)25-14-21(19-35-27(25)22(15-29)16-31-35)23-17-30-34(18-23)9-3-8-28/h2,4-7,14,16-19H,1,3,9-13H2. The van der Waals surface area contributed by atoms with Gasteiger partial charge in [-0.3, -0.25) is 9.48 Å². The summed E-state index contributed by atoms with van der Waals surface area (Å²) in [7, 11) is 0. The highest BCUT2D eigenvalue weighted by atomic mass is 16.2. The molecule has 5 rings (SSSR count). The lowest BCUT2D eigenvalue weighted by molar-refractivity contribution is -0.126. The molecule has 1 fully saturated rings. The highest BCUT2D eigenvalue weighted by Crippen LogP contribution is 2.33. The maximum Gasteiger partial charge on any atom is 0.246 e. The second-order valence-electron chi connectivity index (χ2n) is 8.57. The Kier molecular flexibility index (Phi) is 6.21. The molecule has 0 spiro atoms. The molecule has 3 aromatic heterocycles. The van der Waals surface area contributed by atoms with Crippen LogP contribution in [-0.4, -0.2) is 56.4 Å². The normalized spacial score (nSPS) is 13.4. The van der Waals surface area contributed by atoms with Crippen LogP contribution in [0, 0.1) is 22.7 Å². The van der Waals surface area contributed by atoms with Crippen LogP contribution in [-0.2, 0) is 11.3 Å². The van der Waals surface area contributed by atoms with Crippen LogP contribution in [0.4, 0.5) is 5.69 Å². The minimum atomic E-state index is -0.0291. The van der Waals surface area contributed by atoms with E-state index in [1.807, 2.05) is 17.3 Å². The Labute approximate surface area is 208 Å². The first kappa shape index (κ1) is 22.9. The number of nitriles is 2. The zero-order valence-electron chi connectivity index (χ0n) is 19.7. The lowest BCUT2D eigenvalue weighted by Gasteiger charge is -2.35. The fraction of sp³-hybridized carbons (Fsp3) is 0.222. The van der Waals surface area contributed by atoms with E-state index in [0.717, 1.165) is 46.5 Å². The molecule has 0 N–H and O–H groups in total. The van der Waals surface area contributed by atoms with Gasteiger partial charge in [-0.05, 0) is 29.8 Å². The number of fused-ring (bicyclic) bond motifs is 1. The van der Waals surface area contributed by atoms with Crippen molar-refractivity contribution < 1.29 is 4.79 Å². The number of nitrogens with zero attached hydrogens (tertiary/aromatic N) is 8. The largest absolute Gasteiger partial charge is 0.368 e. The van der Waals surface area contributed by atoms with E-state index in [0.29, 0.717) is 31.6 Å². The minimum Gasteiger partial charge on any atom is -0.368 e. The topological polar surface area (TPSA) is 106 Å². The Morgan fingerprint density at radius 1 is 1.00 bits per heavy atom. The van der Waals surface area contributed by atoms with Crippen molar-refractivity contribution in [3.63, 3.8) is 0 Å². The van der Waals surface area contributed by atoms with Gasteiger partial charge in [-0.1, -0.05) is 18.7 Å². The van der Waals surface area contributed by atoms with E-state index < -0.39 is 0 Å². The average molecular weight is 477 g/mol. The van der Waals surface area contributed by atoms with Gasteiger partial charge in [-0.2, -0.15) is 20.7 Å². The van der Waals surface area contributed by atoms with Crippen molar-refractivity contribution in [1.82, 2.24) is 24.3 Å². The number of amides is 1. The maximum atomic E-state index is 11.9. The quantitative estimate of drug-likeness (QED) is 0.395. The lowest BCUT2D eigenvalue weighted by Crippen LogP contribution is -2.48. The van der Waals surface area contributed by atoms with Gasteiger partial charge in [0.05, 0.1) is 42.5 Å². The summed E-state index contributed by atoms with van der Waals surface area (Å²) in [6, 6.07) is 14.7. The van der Waals surface area contributed by atoms with Crippen molar-refractivity contribution in [2.24, 2.45) is 0 Å². The van der Waals surface area contributed by atoms with E-state index in [4.69, 9.17) is 5.26 Å². The average Bonchev–Trinajstić information content (AvgIpc) is 3.58.